The highest BCUT2D eigenvalue weighted by molar-refractivity contribution is 7.85. The van der Waals surface area contributed by atoms with Crippen molar-refractivity contribution in [3.63, 3.8) is 0 Å². The van der Waals surface area contributed by atoms with E-state index in [4.69, 9.17) is 9.72 Å². The summed E-state index contributed by atoms with van der Waals surface area (Å²) in [5.74, 6) is 3.02. The van der Waals surface area contributed by atoms with E-state index >= 15 is 0 Å². The number of fused-ring (bicyclic) bond motifs is 1. The number of piperidine rings is 1. The molecule has 2 fully saturated rings. The van der Waals surface area contributed by atoms with Crippen LogP contribution in [0.15, 0.2) is 34.7 Å². The van der Waals surface area contributed by atoms with Crippen LogP contribution in [0.1, 0.15) is 44.1 Å². The quantitative estimate of drug-likeness (QED) is 0.718. The number of aromatic nitrogens is 1. The number of anilines is 2. The summed E-state index contributed by atoms with van der Waals surface area (Å²) in [6.07, 6.45) is 8.85. The Morgan fingerprint density at radius 3 is 2.73 bits per heavy atom. The summed E-state index contributed by atoms with van der Waals surface area (Å²) in [6.45, 7) is 1.74. The monoisotopic (exact) mass is 433 g/mol. The van der Waals surface area contributed by atoms with Crippen LogP contribution in [0.3, 0.4) is 0 Å². The fourth-order valence-corrected chi connectivity index (χ4v) is 5.77. The SMILES string of the molecule is O=S1CCc2cc(N3CCC(OC4=CC=C(F)CC4)CC3)nc(NC3(CO)CC3)c21. The molecular formula is C22H28FN3O3S. The molecule has 1 aromatic heterocycles. The predicted molar refractivity (Wildman–Crippen MR) is 115 cm³/mol. The Labute approximate surface area is 178 Å². The third-order valence-electron chi connectivity index (χ3n) is 6.50. The van der Waals surface area contributed by atoms with Crippen LogP contribution < -0.4 is 10.2 Å². The van der Waals surface area contributed by atoms with Crippen molar-refractivity contribution in [2.75, 3.05) is 35.7 Å². The van der Waals surface area contributed by atoms with Crippen LogP contribution in [0.5, 0.6) is 0 Å². The minimum absolute atomic E-state index is 0.0674. The van der Waals surface area contributed by atoms with Gasteiger partial charge in [-0.3, -0.25) is 4.21 Å². The van der Waals surface area contributed by atoms with Gasteiger partial charge in [0.25, 0.3) is 0 Å². The molecule has 5 rings (SSSR count). The molecule has 2 N–H and O–H groups in total. The van der Waals surface area contributed by atoms with Crippen LogP contribution in [-0.4, -0.2) is 51.4 Å². The Morgan fingerprint density at radius 2 is 2.07 bits per heavy atom. The Balaban J connectivity index is 1.29. The van der Waals surface area contributed by atoms with Gasteiger partial charge in [0, 0.05) is 44.5 Å². The second kappa shape index (κ2) is 7.96. The number of allylic oxidation sites excluding steroid dienone is 4. The molecule has 0 bridgehead atoms. The summed E-state index contributed by atoms with van der Waals surface area (Å²) in [7, 11) is -1.03. The highest BCUT2D eigenvalue weighted by Crippen LogP contribution is 2.41. The molecule has 30 heavy (non-hydrogen) atoms. The molecule has 162 valence electrons. The maximum atomic E-state index is 13.2. The van der Waals surface area contributed by atoms with E-state index in [9.17, 15) is 13.7 Å². The highest BCUT2D eigenvalue weighted by atomic mass is 32.2. The van der Waals surface area contributed by atoms with Crippen molar-refractivity contribution in [2.24, 2.45) is 0 Å². The van der Waals surface area contributed by atoms with Crippen LogP contribution in [0.2, 0.25) is 0 Å². The fourth-order valence-electron chi connectivity index (χ4n) is 4.39. The Morgan fingerprint density at radius 1 is 1.27 bits per heavy atom. The number of ether oxygens (including phenoxy) is 1. The van der Waals surface area contributed by atoms with Gasteiger partial charge in [-0.05, 0) is 43.0 Å². The van der Waals surface area contributed by atoms with Crippen molar-refractivity contribution < 1.29 is 18.4 Å². The van der Waals surface area contributed by atoms with Gasteiger partial charge in [0.1, 0.15) is 23.6 Å². The zero-order valence-electron chi connectivity index (χ0n) is 17.0. The molecule has 1 unspecified atom stereocenters. The van der Waals surface area contributed by atoms with Gasteiger partial charge in [-0.2, -0.15) is 0 Å². The van der Waals surface area contributed by atoms with E-state index < -0.39 is 10.8 Å². The second-order valence-electron chi connectivity index (χ2n) is 8.73. The lowest BCUT2D eigenvalue weighted by Crippen LogP contribution is -2.38. The molecular weight excluding hydrogens is 405 g/mol. The zero-order valence-corrected chi connectivity index (χ0v) is 17.8. The normalized spacial score (nSPS) is 25.4. The molecule has 6 nitrogen and oxygen atoms in total. The van der Waals surface area contributed by atoms with Crippen LogP contribution in [0.25, 0.3) is 0 Å². The lowest BCUT2D eigenvalue weighted by molar-refractivity contribution is 0.0868. The summed E-state index contributed by atoms with van der Waals surface area (Å²) < 4.78 is 31.8. The number of pyridine rings is 1. The molecule has 1 saturated heterocycles. The minimum Gasteiger partial charge on any atom is -0.495 e. The minimum atomic E-state index is -1.03. The van der Waals surface area contributed by atoms with Crippen LogP contribution >= 0.6 is 0 Å². The number of hydrogen-bond donors (Lipinski definition) is 2. The molecule has 2 aliphatic heterocycles. The van der Waals surface area contributed by atoms with E-state index in [1.807, 2.05) is 0 Å². The molecule has 8 heteroatoms. The van der Waals surface area contributed by atoms with Crippen LogP contribution in [0.4, 0.5) is 16.0 Å². The number of aliphatic hydroxyl groups is 1. The largest absolute Gasteiger partial charge is 0.495 e. The number of nitrogens with one attached hydrogen (secondary N) is 1. The van der Waals surface area contributed by atoms with Crippen molar-refractivity contribution >= 4 is 22.4 Å². The highest BCUT2D eigenvalue weighted by Gasteiger charge is 2.43. The van der Waals surface area contributed by atoms with Crippen LogP contribution in [-0.2, 0) is 22.0 Å². The van der Waals surface area contributed by atoms with Gasteiger partial charge in [0.2, 0.25) is 0 Å². The maximum absolute atomic E-state index is 13.2. The molecule has 1 atom stereocenters. The third kappa shape index (κ3) is 3.99. The van der Waals surface area contributed by atoms with Gasteiger partial charge in [-0.15, -0.1) is 0 Å². The molecule has 0 spiro atoms. The number of hydrogen-bond acceptors (Lipinski definition) is 6. The molecule has 0 radical (unpaired) electrons. The fraction of sp³-hybridized carbons (Fsp3) is 0.591. The Bertz CT molecular complexity index is 920. The first-order chi connectivity index (χ1) is 14.5. The second-order valence-corrected chi connectivity index (χ2v) is 10.2. The van der Waals surface area contributed by atoms with Gasteiger partial charge < -0.3 is 20.1 Å². The summed E-state index contributed by atoms with van der Waals surface area (Å²) in [5, 5.41) is 13.1. The van der Waals surface area contributed by atoms with Crippen molar-refractivity contribution in [1.82, 2.24) is 4.98 Å². The van der Waals surface area contributed by atoms with Gasteiger partial charge in [0.05, 0.1) is 33.6 Å². The van der Waals surface area contributed by atoms with E-state index in [2.05, 4.69) is 16.3 Å². The molecule has 2 aliphatic carbocycles. The lowest BCUT2D eigenvalue weighted by atomic mass is 10.1. The van der Waals surface area contributed by atoms with E-state index in [0.717, 1.165) is 67.2 Å². The van der Waals surface area contributed by atoms with Crippen molar-refractivity contribution in [3.05, 3.63) is 35.4 Å². The lowest BCUT2D eigenvalue weighted by Gasteiger charge is -2.34. The van der Waals surface area contributed by atoms with Crippen molar-refractivity contribution in [2.45, 2.75) is 61.5 Å². The number of halogens is 1. The first-order valence-electron chi connectivity index (χ1n) is 10.8. The summed E-state index contributed by atoms with van der Waals surface area (Å²) in [4.78, 5) is 7.93. The Hall–Kier alpha value is -1.93. The van der Waals surface area contributed by atoms with E-state index in [1.54, 1.807) is 6.08 Å². The zero-order chi connectivity index (χ0) is 20.7. The summed E-state index contributed by atoms with van der Waals surface area (Å²) >= 11 is 0. The average Bonchev–Trinajstić information content (AvgIpc) is 3.44. The number of aryl methyl sites for hydroxylation is 1. The third-order valence-corrected chi connectivity index (χ3v) is 7.99. The first-order valence-corrected chi connectivity index (χ1v) is 12.2. The van der Waals surface area contributed by atoms with Crippen molar-refractivity contribution in [3.8, 4) is 0 Å². The number of aliphatic hydroxyl groups excluding tert-OH is 1. The van der Waals surface area contributed by atoms with E-state index in [-0.39, 0.29) is 24.1 Å². The van der Waals surface area contributed by atoms with Crippen LogP contribution in [0, 0.1) is 0 Å². The molecule has 3 heterocycles. The summed E-state index contributed by atoms with van der Waals surface area (Å²) in [6, 6.07) is 2.09. The molecule has 0 aromatic carbocycles. The van der Waals surface area contributed by atoms with Gasteiger partial charge in [-0.1, -0.05) is 0 Å². The Kier molecular flexibility index (Phi) is 5.31. The topological polar surface area (TPSA) is 74.7 Å². The molecule has 1 saturated carbocycles. The molecule has 4 aliphatic rings. The molecule has 1 aromatic rings. The number of rotatable bonds is 6. The van der Waals surface area contributed by atoms with E-state index in [1.165, 1.54) is 6.08 Å². The average molecular weight is 434 g/mol. The first kappa shape index (κ1) is 20.0. The van der Waals surface area contributed by atoms with Gasteiger partial charge in [0.15, 0.2) is 0 Å². The predicted octanol–water partition coefficient (Wildman–Crippen LogP) is 3.20. The standard InChI is InChI=1S/C22H28FN3O3S/c23-16-1-3-17(4-2-16)29-18-5-10-26(11-6-18)19-13-15-7-12-30(28)20(15)21(24-19)25-22(14-27)8-9-22/h1,3,13,18,27H,2,4-12,14H2,(H,24,25). The summed E-state index contributed by atoms with van der Waals surface area (Å²) in [5.41, 5.74) is 0.809. The molecule has 0 amide bonds. The number of nitrogens with zero attached hydrogens (tertiary/aromatic N) is 2. The van der Waals surface area contributed by atoms with Gasteiger partial charge in [-0.25, -0.2) is 9.37 Å². The van der Waals surface area contributed by atoms with Crippen molar-refractivity contribution in [1.29, 1.82) is 0 Å². The maximum Gasteiger partial charge on any atom is 0.145 e. The van der Waals surface area contributed by atoms with Gasteiger partial charge >= 0.3 is 0 Å². The smallest absolute Gasteiger partial charge is 0.145 e. The van der Waals surface area contributed by atoms with E-state index in [0.29, 0.717) is 24.4 Å².